The summed E-state index contributed by atoms with van der Waals surface area (Å²) in [4.78, 5) is 0. The van der Waals surface area contributed by atoms with Crippen molar-refractivity contribution in [1.29, 1.82) is 0 Å². The van der Waals surface area contributed by atoms with E-state index >= 15 is 0 Å². The number of halogens is 1. The Bertz CT molecular complexity index is 733. The van der Waals surface area contributed by atoms with Gasteiger partial charge in [-0.1, -0.05) is 17.7 Å². The summed E-state index contributed by atoms with van der Waals surface area (Å²) in [5.74, 6) is 0.697. The van der Waals surface area contributed by atoms with Crippen molar-refractivity contribution in [2.75, 3.05) is 5.73 Å². The minimum atomic E-state index is 0.659. The predicted octanol–water partition coefficient (Wildman–Crippen LogP) is 2.94. The minimum Gasteiger partial charge on any atom is -0.398 e. The highest BCUT2D eigenvalue weighted by atomic mass is 35.5. The monoisotopic (exact) mass is 258 g/mol. The van der Waals surface area contributed by atoms with Gasteiger partial charge < -0.3 is 5.73 Å². The van der Waals surface area contributed by atoms with Gasteiger partial charge in [0.15, 0.2) is 11.5 Å². The second kappa shape index (κ2) is 3.99. The van der Waals surface area contributed by atoms with Crippen LogP contribution in [0.3, 0.4) is 0 Å². The number of hydrogen-bond acceptors (Lipinski definition) is 3. The van der Waals surface area contributed by atoms with Gasteiger partial charge in [-0.25, -0.2) is 0 Å². The number of aryl methyl sites for hydroxylation is 1. The Morgan fingerprint density at radius 1 is 1.17 bits per heavy atom. The molecule has 18 heavy (non-hydrogen) atoms. The number of nitrogen functional groups attached to an aromatic ring is 1. The lowest BCUT2D eigenvalue weighted by Crippen LogP contribution is -1.93. The van der Waals surface area contributed by atoms with Gasteiger partial charge >= 0.3 is 0 Å². The van der Waals surface area contributed by atoms with E-state index in [9.17, 15) is 0 Å². The van der Waals surface area contributed by atoms with Gasteiger partial charge in [0.05, 0.1) is 5.02 Å². The molecule has 0 saturated heterocycles. The fourth-order valence-electron chi connectivity index (χ4n) is 1.89. The highest BCUT2D eigenvalue weighted by Gasteiger charge is 2.11. The summed E-state index contributed by atoms with van der Waals surface area (Å²) >= 11 is 6.25. The van der Waals surface area contributed by atoms with Gasteiger partial charge in [-0.05, 0) is 36.8 Å². The highest BCUT2D eigenvalue weighted by Crippen LogP contribution is 2.27. The standard InChI is InChI=1S/C13H11ClN4/c1-8-2-4-10(11(14)6-8)13-17-16-12-5-3-9(15)7-18(12)13/h2-7H,15H2,1H3. The summed E-state index contributed by atoms with van der Waals surface area (Å²) in [5.41, 5.74) is 9.14. The van der Waals surface area contributed by atoms with Crippen LogP contribution < -0.4 is 5.73 Å². The van der Waals surface area contributed by atoms with Gasteiger partial charge in [-0.3, -0.25) is 4.40 Å². The molecule has 0 saturated carbocycles. The first-order chi connectivity index (χ1) is 8.65. The zero-order valence-electron chi connectivity index (χ0n) is 9.76. The minimum absolute atomic E-state index is 0.659. The molecule has 3 aromatic rings. The van der Waals surface area contributed by atoms with Crippen LogP contribution in [0.2, 0.25) is 5.02 Å². The van der Waals surface area contributed by atoms with Crippen molar-refractivity contribution < 1.29 is 0 Å². The van der Waals surface area contributed by atoms with Gasteiger partial charge in [0.25, 0.3) is 0 Å². The Labute approximate surface area is 109 Å². The molecule has 5 heteroatoms. The largest absolute Gasteiger partial charge is 0.398 e. The molecule has 0 aliphatic carbocycles. The molecule has 4 nitrogen and oxygen atoms in total. The zero-order valence-corrected chi connectivity index (χ0v) is 10.5. The van der Waals surface area contributed by atoms with Crippen LogP contribution in [-0.4, -0.2) is 14.6 Å². The number of hydrogen-bond donors (Lipinski definition) is 1. The normalized spacial score (nSPS) is 11.0. The van der Waals surface area contributed by atoms with Crippen molar-refractivity contribution in [1.82, 2.24) is 14.6 Å². The summed E-state index contributed by atoms with van der Waals surface area (Å²) in [6, 6.07) is 9.47. The molecule has 2 aromatic heterocycles. The van der Waals surface area contributed by atoms with Crippen LogP contribution in [0.4, 0.5) is 5.69 Å². The van der Waals surface area contributed by atoms with Crippen LogP contribution in [0.5, 0.6) is 0 Å². The number of pyridine rings is 1. The molecule has 2 heterocycles. The molecule has 2 N–H and O–H groups in total. The lowest BCUT2D eigenvalue weighted by molar-refractivity contribution is 1.11. The molecule has 0 bridgehead atoms. The van der Waals surface area contributed by atoms with E-state index in [1.807, 2.05) is 35.6 Å². The molecule has 90 valence electrons. The first kappa shape index (κ1) is 11.0. The van der Waals surface area contributed by atoms with Gasteiger partial charge in [0.2, 0.25) is 0 Å². The van der Waals surface area contributed by atoms with Gasteiger partial charge in [0, 0.05) is 17.4 Å². The van der Waals surface area contributed by atoms with E-state index in [-0.39, 0.29) is 0 Å². The van der Waals surface area contributed by atoms with E-state index in [0.717, 1.165) is 16.8 Å². The van der Waals surface area contributed by atoms with Gasteiger partial charge in [-0.15, -0.1) is 10.2 Å². The fourth-order valence-corrected chi connectivity index (χ4v) is 2.21. The molecular weight excluding hydrogens is 248 g/mol. The number of fused-ring (bicyclic) bond motifs is 1. The lowest BCUT2D eigenvalue weighted by atomic mass is 10.1. The average molecular weight is 259 g/mol. The van der Waals surface area contributed by atoms with Crippen LogP contribution in [0, 0.1) is 6.92 Å². The van der Waals surface area contributed by atoms with Crippen LogP contribution >= 0.6 is 11.6 Å². The molecule has 0 amide bonds. The maximum atomic E-state index is 6.25. The Kier molecular flexibility index (Phi) is 2.45. The molecule has 1 aromatic carbocycles. The molecular formula is C13H11ClN4. The molecule has 0 spiro atoms. The smallest absolute Gasteiger partial charge is 0.169 e. The third kappa shape index (κ3) is 1.71. The van der Waals surface area contributed by atoms with E-state index in [4.69, 9.17) is 17.3 Å². The van der Waals surface area contributed by atoms with Crippen molar-refractivity contribution in [3.8, 4) is 11.4 Å². The fraction of sp³-hybridized carbons (Fsp3) is 0.0769. The molecule has 0 radical (unpaired) electrons. The Morgan fingerprint density at radius 3 is 2.78 bits per heavy atom. The Balaban J connectivity index is 2.28. The number of aromatic nitrogens is 3. The quantitative estimate of drug-likeness (QED) is 0.730. The molecule has 0 unspecified atom stereocenters. The lowest BCUT2D eigenvalue weighted by Gasteiger charge is -2.04. The predicted molar refractivity (Wildman–Crippen MR) is 72.6 cm³/mol. The van der Waals surface area contributed by atoms with Crippen molar-refractivity contribution in [2.24, 2.45) is 0 Å². The summed E-state index contributed by atoms with van der Waals surface area (Å²) in [6.07, 6.45) is 1.79. The first-order valence-corrected chi connectivity index (χ1v) is 5.90. The first-order valence-electron chi connectivity index (χ1n) is 5.52. The van der Waals surface area contributed by atoms with Gasteiger partial charge in [-0.2, -0.15) is 0 Å². The number of benzene rings is 1. The summed E-state index contributed by atoms with van der Waals surface area (Å²) in [6.45, 7) is 2.00. The second-order valence-electron chi connectivity index (χ2n) is 4.20. The van der Waals surface area contributed by atoms with Crippen molar-refractivity contribution in [2.45, 2.75) is 6.92 Å². The SMILES string of the molecule is Cc1ccc(-c2nnc3ccc(N)cn23)c(Cl)c1. The number of nitrogens with zero attached hydrogens (tertiary/aromatic N) is 3. The molecule has 0 aliphatic rings. The van der Waals surface area contributed by atoms with E-state index in [1.54, 1.807) is 12.3 Å². The van der Waals surface area contributed by atoms with E-state index in [0.29, 0.717) is 16.5 Å². The van der Waals surface area contributed by atoms with E-state index < -0.39 is 0 Å². The number of anilines is 1. The van der Waals surface area contributed by atoms with Crippen LogP contribution in [0.25, 0.3) is 17.0 Å². The van der Waals surface area contributed by atoms with Crippen LogP contribution in [0.15, 0.2) is 36.5 Å². The van der Waals surface area contributed by atoms with E-state index in [2.05, 4.69) is 10.2 Å². The summed E-state index contributed by atoms with van der Waals surface area (Å²) in [5, 5.41) is 8.93. The van der Waals surface area contributed by atoms with E-state index in [1.165, 1.54) is 0 Å². The Hall–Kier alpha value is -2.07. The molecule has 0 fully saturated rings. The molecule has 0 aliphatic heterocycles. The van der Waals surface area contributed by atoms with Crippen molar-refractivity contribution >= 4 is 22.9 Å². The third-order valence-electron chi connectivity index (χ3n) is 2.79. The van der Waals surface area contributed by atoms with Crippen molar-refractivity contribution in [3.63, 3.8) is 0 Å². The van der Waals surface area contributed by atoms with Crippen LogP contribution in [-0.2, 0) is 0 Å². The molecule has 3 rings (SSSR count). The zero-order chi connectivity index (χ0) is 12.7. The highest BCUT2D eigenvalue weighted by molar-refractivity contribution is 6.33. The summed E-state index contributed by atoms with van der Waals surface area (Å²) < 4.78 is 1.84. The third-order valence-corrected chi connectivity index (χ3v) is 3.10. The maximum Gasteiger partial charge on any atom is 0.169 e. The maximum absolute atomic E-state index is 6.25. The Morgan fingerprint density at radius 2 is 2.00 bits per heavy atom. The topological polar surface area (TPSA) is 56.2 Å². The number of rotatable bonds is 1. The molecule has 0 atom stereocenters. The number of nitrogens with two attached hydrogens (primary N) is 1. The van der Waals surface area contributed by atoms with Gasteiger partial charge in [0.1, 0.15) is 0 Å². The second-order valence-corrected chi connectivity index (χ2v) is 4.60. The summed E-state index contributed by atoms with van der Waals surface area (Å²) in [7, 11) is 0. The van der Waals surface area contributed by atoms with Crippen molar-refractivity contribution in [3.05, 3.63) is 47.1 Å². The average Bonchev–Trinajstić information content (AvgIpc) is 2.72. The van der Waals surface area contributed by atoms with Crippen LogP contribution in [0.1, 0.15) is 5.56 Å².